The van der Waals surface area contributed by atoms with Crippen molar-refractivity contribution < 1.29 is 14.7 Å². The number of thiocarbonyl (C=S) groups is 1. The fourth-order valence-corrected chi connectivity index (χ4v) is 0.906. The molecule has 6 heteroatoms. The van der Waals surface area contributed by atoms with Crippen molar-refractivity contribution in [3.63, 3.8) is 0 Å². The van der Waals surface area contributed by atoms with Crippen molar-refractivity contribution in [3.8, 4) is 5.75 Å². The molecule has 4 nitrogen and oxygen atoms in total. The van der Waals surface area contributed by atoms with Gasteiger partial charge in [0.1, 0.15) is 5.75 Å². The highest BCUT2D eigenvalue weighted by Crippen LogP contribution is 2.19. The molecule has 0 radical (unpaired) electrons. The third-order valence-corrected chi connectivity index (χ3v) is 1.33. The molecule has 0 aromatic heterocycles. The molecule has 0 bridgehead atoms. The van der Waals surface area contributed by atoms with E-state index in [1.165, 1.54) is 6.07 Å². The summed E-state index contributed by atoms with van der Waals surface area (Å²) in [6.45, 7) is 0. The summed E-state index contributed by atoms with van der Waals surface area (Å²) in [5.74, 6) is 0.307. The third kappa shape index (κ3) is 3.35. The van der Waals surface area contributed by atoms with E-state index in [0.29, 0.717) is 11.4 Å². The number of aliphatic imine (C=N–C) groups is 1. The third-order valence-electron chi connectivity index (χ3n) is 1.23. The Morgan fingerprint density at radius 1 is 1.46 bits per heavy atom. The highest BCUT2D eigenvalue weighted by atomic mass is 32.1. The van der Waals surface area contributed by atoms with E-state index < -0.39 is 7.32 Å². The first-order chi connectivity index (χ1) is 6.22. The molecule has 0 unspecified atom stereocenters. The van der Waals surface area contributed by atoms with Gasteiger partial charge in [-0.05, 0) is 24.4 Å². The lowest BCUT2D eigenvalue weighted by Gasteiger charge is -2.03. The minimum Gasteiger partial charge on any atom is -0.512 e. The predicted octanol–water partition coefficient (Wildman–Crippen LogP) is 0.769. The molecule has 0 fully saturated rings. The van der Waals surface area contributed by atoms with Crippen molar-refractivity contribution in [3.05, 3.63) is 24.3 Å². The number of nitrogens with zero attached hydrogens (tertiary/aromatic N) is 1. The van der Waals surface area contributed by atoms with Gasteiger partial charge in [0.2, 0.25) is 0 Å². The summed E-state index contributed by atoms with van der Waals surface area (Å²) in [7, 11) is -1.83. The van der Waals surface area contributed by atoms with Crippen LogP contribution in [0, 0.1) is 0 Å². The van der Waals surface area contributed by atoms with Crippen LogP contribution in [0.25, 0.3) is 0 Å². The van der Waals surface area contributed by atoms with Crippen molar-refractivity contribution in [2.24, 2.45) is 4.99 Å². The number of benzene rings is 1. The van der Waals surface area contributed by atoms with Crippen LogP contribution in [-0.4, -0.2) is 22.5 Å². The first-order valence-corrected chi connectivity index (χ1v) is 3.84. The van der Waals surface area contributed by atoms with E-state index in [9.17, 15) is 0 Å². The smallest absolute Gasteiger partial charge is 0.512 e. The molecule has 0 aliphatic heterocycles. The summed E-state index contributed by atoms with van der Waals surface area (Å²) in [6.07, 6.45) is 0. The molecule has 0 heterocycles. The average Bonchev–Trinajstić information content (AvgIpc) is 2.04. The monoisotopic (exact) mass is 195 g/mol. The summed E-state index contributed by atoms with van der Waals surface area (Å²) < 4.78 is 4.59. The van der Waals surface area contributed by atoms with Crippen LogP contribution < -0.4 is 4.65 Å². The van der Waals surface area contributed by atoms with E-state index in [2.05, 4.69) is 27.0 Å². The van der Waals surface area contributed by atoms with Crippen LogP contribution in [0.2, 0.25) is 0 Å². The summed E-state index contributed by atoms with van der Waals surface area (Å²) in [4.78, 5) is 3.70. The Morgan fingerprint density at radius 3 is 2.85 bits per heavy atom. The molecule has 0 aliphatic rings. The van der Waals surface area contributed by atoms with Crippen LogP contribution in [0.1, 0.15) is 0 Å². The van der Waals surface area contributed by atoms with Crippen molar-refractivity contribution in [1.82, 2.24) is 0 Å². The molecule has 1 rings (SSSR count). The van der Waals surface area contributed by atoms with Crippen LogP contribution in [0.4, 0.5) is 5.69 Å². The Morgan fingerprint density at radius 2 is 2.23 bits per heavy atom. The van der Waals surface area contributed by atoms with Crippen LogP contribution in [0.15, 0.2) is 29.3 Å². The SMILES string of the molecule is OB(O)Oc1cccc(N=C=S)c1. The van der Waals surface area contributed by atoms with Gasteiger partial charge in [0.05, 0.1) is 10.8 Å². The molecule has 1 aromatic carbocycles. The van der Waals surface area contributed by atoms with E-state index in [-0.39, 0.29) is 0 Å². The van der Waals surface area contributed by atoms with Gasteiger partial charge in [-0.25, -0.2) is 0 Å². The molecular formula is C7H6BNO3S. The summed E-state index contributed by atoms with van der Waals surface area (Å²) >= 11 is 4.41. The standard InChI is InChI=1S/C7H6BNO3S/c10-8(11)12-7-3-1-2-6(4-7)9-5-13/h1-4,10-11H. The number of hydrogen-bond donors (Lipinski definition) is 2. The number of hydrogen-bond acceptors (Lipinski definition) is 5. The minimum atomic E-state index is -1.83. The Kier molecular flexibility index (Phi) is 3.61. The fraction of sp³-hybridized carbons (Fsp3) is 0. The maximum atomic E-state index is 8.49. The van der Waals surface area contributed by atoms with Gasteiger partial charge < -0.3 is 14.7 Å². The molecular weight excluding hydrogens is 189 g/mol. The second kappa shape index (κ2) is 4.74. The van der Waals surface area contributed by atoms with E-state index in [1.807, 2.05) is 0 Å². The number of rotatable bonds is 3. The van der Waals surface area contributed by atoms with E-state index in [4.69, 9.17) is 10.0 Å². The number of isothiocyanates is 1. The molecule has 2 N–H and O–H groups in total. The highest BCUT2D eigenvalue weighted by molar-refractivity contribution is 7.78. The average molecular weight is 195 g/mol. The second-order valence-electron chi connectivity index (χ2n) is 2.14. The zero-order valence-corrected chi connectivity index (χ0v) is 7.36. The lowest BCUT2D eigenvalue weighted by molar-refractivity contribution is 0.288. The molecule has 0 spiro atoms. The topological polar surface area (TPSA) is 62.0 Å². The Balaban J connectivity index is 2.85. The maximum Gasteiger partial charge on any atom is 0.707 e. The lowest BCUT2D eigenvalue weighted by atomic mass is 10.2. The van der Waals surface area contributed by atoms with Gasteiger partial charge >= 0.3 is 7.32 Å². The molecule has 0 amide bonds. The summed E-state index contributed by atoms with van der Waals surface area (Å²) in [6, 6.07) is 6.43. The Hall–Kier alpha value is -1.20. The highest BCUT2D eigenvalue weighted by Gasteiger charge is 2.10. The molecule has 0 saturated heterocycles. The Bertz CT molecular complexity index is 338. The van der Waals surface area contributed by atoms with Crippen molar-refractivity contribution in [2.45, 2.75) is 0 Å². The van der Waals surface area contributed by atoms with Gasteiger partial charge in [-0.1, -0.05) is 6.07 Å². The van der Waals surface area contributed by atoms with Gasteiger partial charge in [0.15, 0.2) is 0 Å². The van der Waals surface area contributed by atoms with Crippen molar-refractivity contribution in [1.29, 1.82) is 0 Å². The van der Waals surface area contributed by atoms with Gasteiger partial charge in [-0.15, -0.1) is 0 Å². The molecule has 0 saturated carbocycles. The first kappa shape index (κ1) is 9.89. The van der Waals surface area contributed by atoms with Crippen molar-refractivity contribution >= 4 is 30.4 Å². The fourth-order valence-electron chi connectivity index (χ4n) is 0.801. The molecule has 1 aromatic rings. The minimum absolute atomic E-state index is 0.307. The molecule has 0 aliphatic carbocycles. The lowest BCUT2D eigenvalue weighted by Crippen LogP contribution is -2.20. The van der Waals surface area contributed by atoms with Crippen LogP contribution >= 0.6 is 12.2 Å². The molecule has 0 atom stereocenters. The summed E-state index contributed by atoms with van der Waals surface area (Å²) in [5, 5.41) is 19.2. The van der Waals surface area contributed by atoms with Gasteiger partial charge in [0, 0.05) is 6.07 Å². The van der Waals surface area contributed by atoms with Gasteiger partial charge in [-0.3, -0.25) is 0 Å². The normalized spacial score (nSPS) is 8.77. The maximum absolute atomic E-state index is 8.49. The van der Waals surface area contributed by atoms with Crippen molar-refractivity contribution in [2.75, 3.05) is 0 Å². The first-order valence-electron chi connectivity index (χ1n) is 3.43. The zero-order chi connectivity index (χ0) is 9.68. The van der Waals surface area contributed by atoms with E-state index in [1.54, 1.807) is 18.2 Å². The van der Waals surface area contributed by atoms with Crippen LogP contribution in [-0.2, 0) is 0 Å². The van der Waals surface area contributed by atoms with E-state index >= 15 is 0 Å². The van der Waals surface area contributed by atoms with Gasteiger partial charge in [-0.2, -0.15) is 4.99 Å². The quantitative estimate of drug-likeness (QED) is 0.424. The summed E-state index contributed by atoms with van der Waals surface area (Å²) in [5.41, 5.74) is 0.549. The predicted molar refractivity (Wildman–Crippen MR) is 51.9 cm³/mol. The van der Waals surface area contributed by atoms with E-state index in [0.717, 1.165) is 0 Å². The van der Waals surface area contributed by atoms with Crippen LogP contribution in [0.3, 0.4) is 0 Å². The second-order valence-corrected chi connectivity index (χ2v) is 2.33. The molecule has 13 heavy (non-hydrogen) atoms. The largest absolute Gasteiger partial charge is 0.707 e. The Labute approximate surface area is 80.7 Å². The van der Waals surface area contributed by atoms with Gasteiger partial charge in [0.25, 0.3) is 0 Å². The zero-order valence-electron chi connectivity index (χ0n) is 6.54. The molecule has 66 valence electrons. The van der Waals surface area contributed by atoms with Crippen LogP contribution in [0.5, 0.6) is 5.75 Å².